The van der Waals surface area contributed by atoms with Crippen LogP contribution < -0.4 is 10.3 Å². The number of aromatic nitrogens is 2. The Morgan fingerprint density at radius 3 is 2.59 bits per heavy atom. The zero-order valence-corrected chi connectivity index (χ0v) is 13.5. The monoisotopic (exact) mass is 302 g/mol. The molecule has 0 amide bonds. The molecule has 0 aliphatic heterocycles. The largest absolute Gasteiger partial charge is 0.496 e. The van der Waals surface area contributed by atoms with Crippen LogP contribution in [-0.4, -0.2) is 22.0 Å². The van der Waals surface area contributed by atoms with Crippen molar-refractivity contribution < 1.29 is 9.84 Å². The zero-order chi connectivity index (χ0) is 16.3. The number of ether oxygens (including phenoxy) is 1. The third-order valence-electron chi connectivity index (χ3n) is 3.45. The van der Waals surface area contributed by atoms with Gasteiger partial charge in [-0.1, -0.05) is 13.8 Å². The maximum Gasteiger partial charge on any atom is 0.272 e. The first-order valence-electron chi connectivity index (χ1n) is 7.33. The molecule has 0 bridgehead atoms. The predicted molar refractivity (Wildman–Crippen MR) is 86.0 cm³/mol. The van der Waals surface area contributed by atoms with E-state index in [4.69, 9.17) is 4.74 Å². The van der Waals surface area contributed by atoms with Gasteiger partial charge in [-0.15, -0.1) is 0 Å². The summed E-state index contributed by atoms with van der Waals surface area (Å²) in [6, 6.07) is 7.40. The van der Waals surface area contributed by atoms with Crippen molar-refractivity contribution in [1.82, 2.24) is 9.78 Å². The van der Waals surface area contributed by atoms with Crippen LogP contribution >= 0.6 is 0 Å². The normalized spacial score (nSPS) is 11.0. The molecule has 0 aliphatic carbocycles. The fourth-order valence-corrected chi connectivity index (χ4v) is 2.36. The summed E-state index contributed by atoms with van der Waals surface area (Å²) in [6.45, 7) is 6.24. The van der Waals surface area contributed by atoms with Gasteiger partial charge in [-0.25, -0.2) is 4.68 Å². The smallest absolute Gasteiger partial charge is 0.272 e. The molecule has 2 aromatic rings. The number of rotatable bonds is 5. The molecule has 1 heterocycles. The fourth-order valence-electron chi connectivity index (χ4n) is 2.36. The second-order valence-electron chi connectivity index (χ2n) is 5.78. The van der Waals surface area contributed by atoms with Gasteiger partial charge in [-0.2, -0.15) is 5.10 Å². The highest BCUT2D eigenvalue weighted by atomic mass is 16.5. The highest BCUT2D eigenvalue weighted by Gasteiger charge is 2.11. The maximum absolute atomic E-state index is 12.2. The molecule has 118 valence electrons. The molecule has 0 atom stereocenters. The first kappa shape index (κ1) is 16.2. The number of methoxy groups -OCH3 is 1. The van der Waals surface area contributed by atoms with Crippen LogP contribution in [0.2, 0.25) is 0 Å². The number of hydrogen-bond acceptors (Lipinski definition) is 4. The molecule has 22 heavy (non-hydrogen) atoms. The van der Waals surface area contributed by atoms with Crippen LogP contribution in [0.4, 0.5) is 0 Å². The van der Waals surface area contributed by atoms with Crippen LogP contribution in [0.3, 0.4) is 0 Å². The predicted octanol–water partition coefficient (Wildman–Crippen LogP) is 2.38. The summed E-state index contributed by atoms with van der Waals surface area (Å²) in [4.78, 5) is 12.2. The molecule has 1 N–H and O–H groups in total. The lowest BCUT2D eigenvalue weighted by atomic mass is 10.1. The quantitative estimate of drug-likeness (QED) is 0.921. The number of nitrogens with zero attached hydrogens (tertiary/aromatic N) is 2. The molecule has 1 aromatic carbocycles. The van der Waals surface area contributed by atoms with Gasteiger partial charge in [0.15, 0.2) is 0 Å². The Balaban J connectivity index is 2.55. The summed E-state index contributed by atoms with van der Waals surface area (Å²) in [7, 11) is 1.63. The van der Waals surface area contributed by atoms with Gasteiger partial charge in [0.05, 0.1) is 19.4 Å². The summed E-state index contributed by atoms with van der Waals surface area (Å²) in [5.41, 5.74) is 2.69. The molecule has 5 nitrogen and oxygen atoms in total. The standard InChI is InChI=1S/C17H22N2O3/c1-11(2)9-19-17(21)14(10-20)8-15(18-19)13-5-6-16(22-4)12(3)7-13/h5-8,11,20H,9-10H2,1-4H3. The van der Waals surface area contributed by atoms with Crippen molar-refractivity contribution in [2.75, 3.05) is 7.11 Å². The Hall–Kier alpha value is -2.14. The Morgan fingerprint density at radius 2 is 2.05 bits per heavy atom. The van der Waals surface area contributed by atoms with E-state index in [1.54, 1.807) is 13.2 Å². The van der Waals surface area contributed by atoms with E-state index in [0.29, 0.717) is 23.7 Å². The maximum atomic E-state index is 12.2. The molecule has 0 saturated carbocycles. The number of benzene rings is 1. The number of aryl methyl sites for hydroxylation is 1. The minimum Gasteiger partial charge on any atom is -0.496 e. The molecule has 2 rings (SSSR count). The van der Waals surface area contributed by atoms with Crippen molar-refractivity contribution in [3.63, 3.8) is 0 Å². The molecular formula is C17H22N2O3. The van der Waals surface area contributed by atoms with E-state index in [0.717, 1.165) is 16.9 Å². The van der Waals surface area contributed by atoms with E-state index in [-0.39, 0.29) is 12.2 Å². The third kappa shape index (κ3) is 3.36. The molecule has 0 aliphatic rings. The Labute approximate surface area is 130 Å². The molecule has 0 saturated heterocycles. The average Bonchev–Trinajstić information content (AvgIpc) is 2.48. The van der Waals surface area contributed by atoms with Crippen LogP contribution in [0, 0.1) is 12.8 Å². The second-order valence-corrected chi connectivity index (χ2v) is 5.78. The Morgan fingerprint density at radius 1 is 1.32 bits per heavy atom. The summed E-state index contributed by atoms with van der Waals surface area (Å²) >= 11 is 0. The molecule has 5 heteroatoms. The van der Waals surface area contributed by atoms with Gasteiger partial charge in [0.1, 0.15) is 5.75 Å². The van der Waals surface area contributed by atoms with Gasteiger partial charge in [-0.05, 0) is 42.7 Å². The van der Waals surface area contributed by atoms with Gasteiger partial charge >= 0.3 is 0 Å². The van der Waals surface area contributed by atoms with E-state index >= 15 is 0 Å². The van der Waals surface area contributed by atoms with Gasteiger partial charge < -0.3 is 9.84 Å². The van der Waals surface area contributed by atoms with E-state index in [1.165, 1.54) is 4.68 Å². The van der Waals surface area contributed by atoms with Crippen molar-refractivity contribution in [2.45, 2.75) is 33.9 Å². The fraction of sp³-hybridized carbons (Fsp3) is 0.412. The first-order valence-corrected chi connectivity index (χ1v) is 7.33. The molecule has 0 unspecified atom stereocenters. The minimum absolute atomic E-state index is 0.231. The topological polar surface area (TPSA) is 64.3 Å². The van der Waals surface area contributed by atoms with Crippen LogP contribution in [0.25, 0.3) is 11.3 Å². The average molecular weight is 302 g/mol. The number of hydrogen-bond donors (Lipinski definition) is 1. The van der Waals surface area contributed by atoms with Crippen LogP contribution in [0.5, 0.6) is 5.75 Å². The minimum atomic E-state index is -0.290. The number of aliphatic hydroxyl groups excluding tert-OH is 1. The zero-order valence-electron chi connectivity index (χ0n) is 13.5. The van der Waals surface area contributed by atoms with Gasteiger partial charge in [0.2, 0.25) is 0 Å². The molecule has 1 aromatic heterocycles. The van der Waals surface area contributed by atoms with Crippen molar-refractivity contribution >= 4 is 0 Å². The summed E-state index contributed by atoms with van der Waals surface area (Å²) < 4.78 is 6.70. The highest BCUT2D eigenvalue weighted by molar-refractivity contribution is 5.62. The van der Waals surface area contributed by atoms with Crippen molar-refractivity contribution in [3.8, 4) is 17.0 Å². The third-order valence-corrected chi connectivity index (χ3v) is 3.45. The van der Waals surface area contributed by atoms with Crippen molar-refractivity contribution in [3.05, 3.63) is 45.7 Å². The lowest BCUT2D eigenvalue weighted by Crippen LogP contribution is -2.28. The van der Waals surface area contributed by atoms with E-state index < -0.39 is 0 Å². The molecular weight excluding hydrogens is 280 g/mol. The molecule has 0 radical (unpaired) electrons. The molecule has 0 fully saturated rings. The van der Waals surface area contributed by atoms with Gasteiger partial charge in [0.25, 0.3) is 5.56 Å². The van der Waals surface area contributed by atoms with Crippen molar-refractivity contribution in [2.24, 2.45) is 5.92 Å². The first-order chi connectivity index (χ1) is 10.5. The van der Waals surface area contributed by atoms with Crippen LogP contribution in [0.15, 0.2) is 29.1 Å². The van der Waals surface area contributed by atoms with Crippen molar-refractivity contribution in [1.29, 1.82) is 0 Å². The summed E-state index contributed by atoms with van der Waals surface area (Å²) in [5, 5.41) is 13.9. The van der Waals surface area contributed by atoms with Gasteiger partial charge in [-0.3, -0.25) is 4.79 Å². The summed E-state index contributed by atoms with van der Waals surface area (Å²) in [5.74, 6) is 1.10. The van der Waals surface area contributed by atoms with Crippen LogP contribution in [0.1, 0.15) is 25.0 Å². The lowest BCUT2D eigenvalue weighted by molar-refractivity contribution is 0.277. The van der Waals surface area contributed by atoms with E-state index in [2.05, 4.69) is 5.10 Å². The van der Waals surface area contributed by atoms with E-state index in [1.807, 2.05) is 39.0 Å². The lowest BCUT2D eigenvalue weighted by Gasteiger charge is -2.12. The highest BCUT2D eigenvalue weighted by Crippen LogP contribution is 2.24. The SMILES string of the molecule is COc1ccc(-c2cc(CO)c(=O)n(CC(C)C)n2)cc1C. The van der Waals surface area contributed by atoms with Gasteiger partial charge in [0, 0.05) is 17.7 Å². The van der Waals surface area contributed by atoms with E-state index in [9.17, 15) is 9.90 Å². The Kier molecular flexibility index (Phi) is 4.98. The summed E-state index contributed by atoms with van der Waals surface area (Å²) in [6.07, 6.45) is 0. The second kappa shape index (κ2) is 6.75. The van der Waals surface area contributed by atoms with Crippen LogP contribution in [-0.2, 0) is 13.2 Å². The Bertz CT molecular complexity index is 720. The molecule has 0 spiro atoms. The number of aliphatic hydroxyl groups is 1.